The quantitative estimate of drug-likeness (QED) is 0.787. The molecule has 0 unspecified atom stereocenters. The first-order chi connectivity index (χ1) is 8.83. The van der Waals surface area contributed by atoms with Gasteiger partial charge in [0.15, 0.2) is 11.5 Å². The molecule has 0 spiro atoms. The first-order valence-corrected chi connectivity index (χ1v) is 5.90. The molecule has 92 valence electrons. The van der Waals surface area contributed by atoms with Crippen molar-refractivity contribution in [2.75, 3.05) is 25.0 Å². The van der Waals surface area contributed by atoms with Crippen LogP contribution in [0.15, 0.2) is 12.4 Å². The molecule has 0 amide bonds. The fourth-order valence-electron chi connectivity index (χ4n) is 2.05. The lowest BCUT2D eigenvalue weighted by Crippen LogP contribution is -2.39. The Bertz CT molecular complexity index is 478. The lowest BCUT2D eigenvalue weighted by Gasteiger charge is -2.30. The zero-order valence-electron chi connectivity index (χ0n) is 10.0. The molecule has 0 bridgehead atoms. The molecule has 1 aromatic heterocycles. The Balaban J connectivity index is 1.92. The summed E-state index contributed by atoms with van der Waals surface area (Å²) < 4.78 is 0. The molecule has 0 aliphatic carbocycles. The van der Waals surface area contributed by atoms with E-state index in [0.29, 0.717) is 24.1 Å². The van der Waals surface area contributed by atoms with Crippen LogP contribution in [-0.2, 0) is 0 Å². The number of nitrogens with one attached hydrogen (secondary N) is 1. The van der Waals surface area contributed by atoms with Crippen LogP contribution in [0.25, 0.3) is 0 Å². The topological polar surface area (TPSA) is 88.6 Å². The van der Waals surface area contributed by atoms with E-state index in [1.165, 1.54) is 6.20 Å². The van der Waals surface area contributed by atoms with Crippen molar-refractivity contribution in [2.24, 2.45) is 0 Å². The monoisotopic (exact) mass is 242 g/mol. The third kappa shape index (κ3) is 2.93. The van der Waals surface area contributed by atoms with Gasteiger partial charge in [-0.25, -0.2) is 9.97 Å². The SMILES string of the molecule is N#CCN1CCC(Nc2nccnc2C#N)CC1. The summed E-state index contributed by atoms with van der Waals surface area (Å²) in [5.41, 5.74) is 0.331. The van der Waals surface area contributed by atoms with Crippen molar-refractivity contribution < 1.29 is 0 Å². The van der Waals surface area contributed by atoms with Gasteiger partial charge in [0, 0.05) is 31.5 Å². The van der Waals surface area contributed by atoms with Crippen molar-refractivity contribution in [1.29, 1.82) is 10.5 Å². The maximum atomic E-state index is 8.92. The van der Waals surface area contributed by atoms with Crippen molar-refractivity contribution in [3.05, 3.63) is 18.1 Å². The third-order valence-corrected chi connectivity index (χ3v) is 3.03. The number of likely N-dealkylation sites (tertiary alicyclic amines) is 1. The summed E-state index contributed by atoms with van der Waals surface area (Å²) in [7, 11) is 0. The number of anilines is 1. The smallest absolute Gasteiger partial charge is 0.182 e. The minimum absolute atomic E-state index is 0.295. The van der Waals surface area contributed by atoms with Crippen LogP contribution >= 0.6 is 0 Å². The fraction of sp³-hybridized carbons (Fsp3) is 0.500. The Morgan fingerprint density at radius 1 is 1.28 bits per heavy atom. The number of nitriles is 2. The van der Waals surface area contributed by atoms with Crippen LogP contribution in [0.2, 0.25) is 0 Å². The van der Waals surface area contributed by atoms with Gasteiger partial charge in [-0.3, -0.25) is 4.90 Å². The highest BCUT2D eigenvalue weighted by Crippen LogP contribution is 2.16. The van der Waals surface area contributed by atoms with Crippen LogP contribution < -0.4 is 5.32 Å². The van der Waals surface area contributed by atoms with Gasteiger partial charge in [0.1, 0.15) is 6.07 Å². The molecule has 0 aromatic carbocycles. The lowest BCUT2D eigenvalue weighted by molar-refractivity contribution is 0.242. The van der Waals surface area contributed by atoms with Gasteiger partial charge in [-0.2, -0.15) is 10.5 Å². The molecule has 1 aliphatic rings. The largest absolute Gasteiger partial charge is 0.365 e. The Labute approximate surface area is 106 Å². The van der Waals surface area contributed by atoms with Gasteiger partial charge in [-0.05, 0) is 12.8 Å². The summed E-state index contributed by atoms with van der Waals surface area (Å²) >= 11 is 0. The average molecular weight is 242 g/mol. The molecule has 2 heterocycles. The normalized spacial score (nSPS) is 16.8. The van der Waals surface area contributed by atoms with Crippen LogP contribution in [0.1, 0.15) is 18.5 Å². The lowest BCUT2D eigenvalue weighted by atomic mass is 10.1. The van der Waals surface area contributed by atoms with Crippen LogP contribution in [0, 0.1) is 22.7 Å². The molecular formula is C12H14N6. The molecule has 6 nitrogen and oxygen atoms in total. The number of hydrogen-bond acceptors (Lipinski definition) is 6. The average Bonchev–Trinajstić information content (AvgIpc) is 2.42. The van der Waals surface area contributed by atoms with E-state index in [-0.39, 0.29) is 0 Å². The highest BCUT2D eigenvalue weighted by molar-refractivity contribution is 5.47. The Kier molecular flexibility index (Phi) is 4.06. The molecule has 2 rings (SSSR count). The molecule has 0 saturated carbocycles. The predicted molar refractivity (Wildman–Crippen MR) is 65.4 cm³/mol. The van der Waals surface area contributed by atoms with Gasteiger partial charge in [0.2, 0.25) is 0 Å². The van der Waals surface area contributed by atoms with Gasteiger partial charge >= 0.3 is 0 Å². The van der Waals surface area contributed by atoms with E-state index in [9.17, 15) is 0 Å². The maximum absolute atomic E-state index is 8.92. The number of hydrogen-bond donors (Lipinski definition) is 1. The van der Waals surface area contributed by atoms with Crippen molar-refractivity contribution >= 4 is 5.82 Å². The number of rotatable bonds is 3. The Morgan fingerprint density at radius 3 is 2.67 bits per heavy atom. The van der Waals surface area contributed by atoms with Gasteiger partial charge < -0.3 is 5.32 Å². The minimum atomic E-state index is 0.295. The van der Waals surface area contributed by atoms with E-state index in [1.807, 2.05) is 6.07 Å². The minimum Gasteiger partial charge on any atom is -0.365 e. The number of aromatic nitrogens is 2. The molecule has 1 aliphatic heterocycles. The summed E-state index contributed by atoms with van der Waals surface area (Å²) in [6.07, 6.45) is 4.99. The molecule has 18 heavy (non-hydrogen) atoms. The van der Waals surface area contributed by atoms with Crippen molar-refractivity contribution in [3.63, 3.8) is 0 Å². The first kappa shape index (κ1) is 12.3. The van der Waals surface area contributed by atoms with Crippen LogP contribution in [0.4, 0.5) is 5.82 Å². The maximum Gasteiger partial charge on any atom is 0.182 e. The summed E-state index contributed by atoms with van der Waals surface area (Å²) in [5.74, 6) is 0.554. The van der Waals surface area contributed by atoms with Crippen molar-refractivity contribution in [2.45, 2.75) is 18.9 Å². The third-order valence-electron chi connectivity index (χ3n) is 3.03. The Morgan fingerprint density at radius 2 is 2.00 bits per heavy atom. The molecule has 1 saturated heterocycles. The van der Waals surface area contributed by atoms with Gasteiger partial charge in [-0.1, -0.05) is 0 Å². The highest BCUT2D eigenvalue weighted by atomic mass is 15.1. The first-order valence-electron chi connectivity index (χ1n) is 5.90. The standard InChI is InChI=1S/C12H14N6/c13-3-8-18-6-1-10(2-7-18)17-12-11(9-14)15-4-5-16-12/h4-5,10H,1-2,6-8H2,(H,16,17). The second-order valence-electron chi connectivity index (χ2n) is 4.22. The van der Waals surface area contributed by atoms with Crippen LogP contribution in [-0.4, -0.2) is 40.5 Å². The summed E-state index contributed by atoms with van der Waals surface area (Å²) in [5, 5.41) is 20.8. The molecular weight excluding hydrogens is 228 g/mol. The zero-order valence-corrected chi connectivity index (χ0v) is 10.0. The second-order valence-corrected chi connectivity index (χ2v) is 4.22. The van der Waals surface area contributed by atoms with Gasteiger partial charge in [-0.15, -0.1) is 0 Å². The van der Waals surface area contributed by atoms with E-state index >= 15 is 0 Å². The van der Waals surface area contributed by atoms with Crippen molar-refractivity contribution in [3.8, 4) is 12.1 Å². The molecule has 1 N–H and O–H groups in total. The van der Waals surface area contributed by atoms with Crippen LogP contribution in [0.3, 0.4) is 0 Å². The van der Waals surface area contributed by atoms with E-state index in [0.717, 1.165) is 25.9 Å². The van der Waals surface area contributed by atoms with Crippen molar-refractivity contribution in [1.82, 2.24) is 14.9 Å². The van der Waals surface area contributed by atoms with E-state index in [2.05, 4.69) is 26.3 Å². The molecule has 0 atom stereocenters. The van der Waals surface area contributed by atoms with Crippen LogP contribution in [0.5, 0.6) is 0 Å². The summed E-state index contributed by atoms with van der Waals surface area (Å²) in [4.78, 5) is 10.2. The fourth-order valence-corrected chi connectivity index (χ4v) is 2.05. The second kappa shape index (κ2) is 5.95. The van der Waals surface area contributed by atoms with Gasteiger partial charge in [0.25, 0.3) is 0 Å². The van der Waals surface area contributed by atoms with E-state index in [4.69, 9.17) is 10.5 Å². The molecule has 0 radical (unpaired) electrons. The number of piperidine rings is 1. The molecule has 1 fully saturated rings. The number of nitrogens with zero attached hydrogens (tertiary/aromatic N) is 5. The molecule has 1 aromatic rings. The highest BCUT2D eigenvalue weighted by Gasteiger charge is 2.19. The Hall–Kier alpha value is -2.18. The molecule has 6 heteroatoms. The summed E-state index contributed by atoms with van der Waals surface area (Å²) in [6, 6.07) is 4.48. The van der Waals surface area contributed by atoms with E-state index in [1.54, 1.807) is 6.20 Å². The van der Waals surface area contributed by atoms with Gasteiger partial charge in [0.05, 0.1) is 12.6 Å². The summed E-state index contributed by atoms with van der Waals surface area (Å²) in [6.45, 7) is 2.28. The zero-order chi connectivity index (χ0) is 12.8. The van der Waals surface area contributed by atoms with E-state index < -0.39 is 0 Å². The predicted octanol–water partition coefficient (Wildman–Crippen LogP) is 0.748.